The molecule has 9 heteroatoms. The molecule has 0 bridgehead atoms. The minimum atomic E-state index is -0.395. The van der Waals surface area contributed by atoms with Gasteiger partial charge in [0.15, 0.2) is 9.50 Å². The standard InChI is InChI=1S/C21H15N5O2S2/c1-25-19(11-14-7-4-6-13-5-2-3-8-16(13)14)23-24-20(25)30-21-22-17-10-9-15(26(27)28)12-18(17)29-21/h2-10,12H,11H2,1H3. The van der Waals surface area contributed by atoms with E-state index >= 15 is 0 Å². The highest BCUT2D eigenvalue weighted by Crippen LogP contribution is 2.35. The zero-order valence-corrected chi connectivity index (χ0v) is 17.5. The van der Waals surface area contributed by atoms with Crippen LogP contribution in [0.4, 0.5) is 5.69 Å². The first-order valence-corrected chi connectivity index (χ1v) is 10.8. The lowest BCUT2D eigenvalue weighted by atomic mass is 10.0. The number of nitro groups is 1. The van der Waals surface area contributed by atoms with Crippen LogP contribution in [0.3, 0.4) is 0 Å². The van der Waals surface area contributed by atoms with Gasteiger partial charge in [-0.3, -0.25) is 10.1 Å². The smallest absolute Gasteiger partial charge is 0.270 e. The molecule has 2 aromatic heterocycles. The Morgan fingerprint density at radius 3 is 2.80 bits per heavy atom. The van der Waals surface area contributed by atoms with Gasteiger partial charge >= 0.3 is 0 Å². The second-order valence-corrected chi connectivity index (χ2v) is 9.01. The van der Waals surface area contributed by atoms with Crippen LogP contribution in [0.25, 0.3) is 21.0 Å². The maximum atomic E-state index is 11.0. The van der Waals surface area contributed by atoms with Crippen molar-refractivity contribution in [1.29, 1.82) is 0 Å². The third kappa shape index (κ3) is 3.42. The average molecular weight is 434 g/mol. The molecule has 0 saturated carbocycles. The van der Waals surface area contributed by atoms with Crippen LogP contribution in [0.5, 0.6) is 0 Å². The van der Waals surface area contributed by atoms with E-state index < -0.39 is 4.92 Å². The predicted molar refractivity (Wildman–Crippen MR) is 118 cm³/mol. The summed E-state index contributed by atoms with van der Waals surface area (Å²) >= 11 is 2.83. The van der Waals surface area contributed by atoms with Gasteiger partial charge in [-0.1, -0.05) is 42.5 Å². The number of thiazole rings is 1. The van der Waals surface area contributed by atoms with E-state index in [2.05, 4.69) is 45.5 Å². The van der Waals surface area contributed by atoms with Crippen molar-refractivity contribution in [2.24, 2.45) is 7.05 Å². The van der Waals surface area contributed by atoms with E-state index in [1.165, 1.54) is 45.5 Å². The molecule has 0 fully saturated rings. The van der Waals surface area contributed by atoms with Crippen LogP contribution in [0.2, 0.25) is 0 Å². The highest BCUT2D eigenvalue weighted by Gasteiger charge is 2.16. The van der Waals surface area contributed by atoms with Gasteiger partial charge in [0.2, 0.25) is 0 Å². The Labute approximate surface area is 179 Å². The van der Waals surface area contributed by atoms with Crippen molar-refractivity contribution >= 4 is 49.8 Å². The molecular formula is C21H15N5O2S2. The van der Waals surface area contributed by atoms with Crippen molar-refractivity contribution in [2.75, 3.05) is 0 Å². The molecule has 7 nitrogen and oxygen atoms in total. The molecule has 0 unspecified atom stereocenters. The summed E-state index contributed by atoms with van der Waals surface area (Å²) in [4.78, 5) is 15.2. The molecule has 0 aliphatic carbocycles. The third-order valence-corrected chi connectivity index (χ3v) is 7.01. The lowest BCUT2D eigenvalue weighted by molar-refractivity contribution is -0.384. The second kappa shape index (κ2) is 7.51. The first-order valence-electron chi connectivity index (χ1n) is 9.16. The Balaban J connectivity index is 1.42. The lowest BCUT2D eigenvalue weighted by Gasteiger charge is -2.06. The van der Waals surface area contributed by atoms with Crippen LogP contribution >= 0.6 is 23.1 Å². The minimum absolute atomic E-state index is 0.0683. The van der Waals surface area contributed by atoms with Crippen LogP contribution < -0.4 is 0 Å². The summed E-state index contributed by atoms with van der Waals surface area (Å²) in [5.41, 5.74) is 2.01. The molecule has 0 saturated heterocycles. The van der Waals surface area contributed by atoms with E-state index in [1.807, 2.05) is 23.7 Å². The molecule has 30 heavy (non-hydrogen) atoms. The summed E-state index contributed by atoms with van der Waals surface area (Å²) in [6.07, 6.45) is 0.678. The van der Waals surface area contributed by atoms with Gasteiger partial charge in [0.25, 0.3) is 5.69 Å². The van der Waals surface area contributed by atoms with E-state index in [1.54, 1.807) is 12.1 Å². The topological polar surface area (TPSA) is 86.7 Å². The number of hydrogen-bond acceptors (Lipinski definition) is 7. The molecule has 0 atom stereocenters. The number of nitrogens with zero attached hydrogens (tertiary/aromatic N) is 5. The van der Waals surface area contributed by atoms with E-state index in [0.29, 0.717) is 6.42 Å². The average Bonchev–Trinajstić information content (AvgIpc) is 3.31. The Morgan fingerprint density at radius 1 is 1.10 bits per heavy atom. The SMILES string of the molecule is Cn1c(Cc2cccc3ccccc23)nnc1Sc1nc2ccc([N+](=O)[O-])cc2s1. The van der Waals surface area contributed by atoms with Crippen LogP contribution in [0, 0.1) is 10.1 Å². The monoisotopic (exact) mass is 433 g/mol. The molecule has 0 aliphatic rings. The predicted octanol–water partition coefficient (Wildman–Crippen LogP) is 5.23. The van der Waals surface area contributed by atoms with E-state index in [9.17, 15) is 10.1 Å². The summed E-state index contributed by atoms with van der Waals surface area (Å²) in [5, 5.41) is 22.9. The van der Waals surface area contributed by atoms with Crippen LogP contribution in [0.1, 0.15) is 11.4 Å². The van der Waals surface area contributed by atoms with Crippen molar-refractivity contribution in [1.82, 2.24) is 19.7 Å². The third-order valence-electron chi connectivity index (χ3n) is 4.90. The number of rotatable bonds is 5. The molecule has 0 spiro atoms. The van der Waals surface area contributed by atoms with Gasteiger partial charge in [-0.15, -0.1) is 21.5 Å². The van der Waals surface area contributed by atoms with Crippen LogP contribution in [-0.2, 0) is 13.5 Å². The zero-order valence-electron chi connectivity index (χ0n) is 15.8. The molecule has 3 aromatic carbocycles. The minimum Gasteiger partial charge on any atom is -0.309 e. The normalized spacial score (nSPS) is 11.4. The Morgan fingerprint density at radius 2 is 1.93 bits per heavy atom. The Hall–Kier alpha value is -3.30. The molecule has 0 amide bonds. The molecule has 2 heterocycles. The Kier molecular flexibility index (Phi) is 4.68. The van der Waals surface area contributed by atoms with Crippen molar-refractivity contribution in [2.45, 2.75) is 15.9 Å². The van der Waals surface area contributed by atoms with Gasteiger partial charge in [0, 0.05) is 25.6 Å². The largest absolute Gasteiger partial charge is 0.309 e. The number of non-ortho nitro benzene ring substituents is 1. The first kappa shape index (κ1) is 18.7. The first-order chi connectivity index (χ1) is 14.6. The van der Waals surface area contributed by atoms with Crippen molar-refractivity contribution in [3.63, 3.8) is 0 Å². The number of benzene rings is 3. The maximum Gasteiger partial charge on any atom is 0.270 e. The van der Waals surface area contributed by atoms with Crippen molar-refractivity contribution < 1.29 is 4.92 Å². The number of nitro benzene ring substituents is 1. The number of aromatic nitrogens is 4. The molecule has 5 aromatic rings. The fraction of sp³-hybridized carbons (Fsp3) is 0.0952. The summed E-state index contributed by atoms with van der Waals surface area (Å²) in [6.45, 7) is 0. The summed E-state index contributed by atoms with van der Waals surface area (Å²) in [5.74, 6) is 0.866. The van der Waals surface area contributed by atoms with Gasteiger partial charge in [0.1, 0.15) is 5.82 Å². The molecule has 0 aliphatic heterocycles. The van der Waals surface area contributed by atoms with E-state index in [0.717, 1.165) is 25.5 Å². The fourth-order valence-corrected chi connectivity index (χ4v) is 5.35. The molecule has 0 radical (unpaired) electrons. The van der Waals surface area contributed by atoms with Gasteiger partial charge in [-0.25, -0.2) is 4.98 Å². The highest BCUT2D eigenvalue weighted by atomic mass is 32.2. The van der Waals surface area contributed by atoms with Crippen LogP contribution in [0.15, 0.2) is 70.2 Å². The number of hydrogen-bond donors (Lipinski definition) is 0. The fourth-order valence-electron chi connectivity index (χ4n) is 3.33. The van der Waals surface area contributed by atoms with E-state index in [-0.39, 0.29) is 5.69 Å². The van der Waals surface area contributed by atoms with Crippen molar-refractivity contribution in [3.05, 3.63) is 82.2 Å². The van der Waals surface area contributed by atoms with Gasteiger partial charge < -0.3 is 4.57 Å². The summed E-state index contributed by atoms with van der Waals surface area (Å²) in [6, 6.07) is 19.3. The molecule has 5 rings (SSSR count). The maximum absolute atomic E-state index is 11.0. The highest BCUT2D eigenvalue weighted by molar-refractivity contribution is 8.01. The van der Waals surface area contributed by atoms with E-state index in [4.69, 9.17) is 0 Å². The van der Waals surface area contributed by atoms with Crippen molar-refractivity contribution in [3.8, 4) is 0 Å². The van der Waals surface area contributed by atoms with Gasteiger partial charge in [-0.2, -0.15) is 0 Å². The Bertz CT molecular complexity index is 1400. The number of fused-ring (bicyclic) bond motifs is 2. The van der Waals surface area contributed by atoms with Gasteiger partial charge in [0.05, 0.1) is 15.1 Å². The quantitative estimate of drug-likeness (QED) is 0.279. The van der Waals surface area contributed by atoms with Gasteiger partial charge in [-0.05, 0) is 34.2 Å². The summed E-state index contributed by atoms with van der Waals surface area (Å²) < 4.78 is 3.53. The molecular weight excluding hydrogens is 418 g/mol. The molecule has 0 N–H and O–H groups in total. The molecule has 148 valence electrons. The zero-order chi connectivity index (χ0) is 20.7. The van der Waals surface area contributed by atoms with Crippen LogP contribution in [-0.4, -0.2) is 24.7 Å². The lowest BCUT2D eigenvalue weighted by Crippen LogP contribution is -2.00. The summed E-state index contributed by atoms with van der Waals surface area (Å²) in [7, 11) is 1.95. The second-order valence-electron chi connectivity index (χ2n) is 6.76.